The van der Waals surface area contributed by atoms with E-state index >= 15 is 0 Å². The third kappa shape index (κ3) is 3.59. The molecule has 0 saturated heterocycles. The summed E-state index contributed by atoms with van der Waals surface area (Å²) in [6.07, 6.45) is 3.91. The third-order valence-corrected chi connectivity index (χ3v) is 5.20. The van der Waals surface area contributed by atoms with Gasteiger partial charge in [0.2, 0.25) is 5.91 Å². The maximum Gasteiger partial charge on any atom is 0.329 e. The Labute approximate surface area is 129 Å². The summed E-state index contributed by atoms with van der Waals surface area (Å²) in [4.78, 5) is 26.5. The van der Waals surface area contributed by atoms with Gasteiger partial charge < -0.3 is 10.0 Å². The first-order valence-corrected chi connectivity index (χ1v) is 8.23. The quantitative estimate of drug-likeness (QED) is 0.850. The zero-order valence-electron chi connectivity index (χ0n) is 12.2. The Bertz CT molecular complexity index is 498. The first-order valence-electron chi connectivity index (χ1n) is 7.24. The summed E-state index contributed by atoms with van der Waals surface area (Å²) in [6, 6.07) is 9.68. The Morgan fingerprint density at radius 2 is 1.81 bits per heavy atom. The van der Waals surface area contributed by atoms with E-state index in [1.54, 1.807) is 7.05 Å². The number of carboxylic acid groups (broad SMARTS) is 1. The number of hydrogen-bond donors (Lipinski definition) is 1. The van der Waals surface area contributed by atoms with Crippen LogP contribution in [0.15, 0.2) is 35.2 Å². The second-order valence-corrected chi connectivity index (χ2v) is 6.50. The fraction of sp³-hybridized carbons (Fsp3) is 0.500. The predicted octanol–water partition coefficient (Wildman–Crippen LogP) is 3.02. The van der Waals surface area contributed by atoms with Crippen LogP contribution in [-0.4, -0.2) is 40.2 Å². The molecule has 114 valence electrons. The lowest BCUT2D eigenvalue weighted by molar-refractivity contribution is -0.159. The van der Waals surface area contributed by atoms with Crippen molar-refractivity contribution in [3.63, 3.8) is 0 Å². The van der Waals surface area contributed by atoms with Gasteiger partial charge in [0, 0.05) is 11.9 Å². The molecule has 5 heteroatoms. The van der Waals surface area contributed by atoms with Crippen molar-refractivity contribution in [2.24, 2.45) is 0 Å². The molecule has 1 aliphatic carbocycles. The van der Waals surface area contributed by atoms with Crippen LogP contribution in [-0.2, 0) is 9.59 Å². The molecule has 1 fully saturated rings. The molecule has 2 rings (SSSR count). The maximum absolute atomic E-state index is 12.4. The van der Waals surface area contributed by atoms with Crippen molar-refractivity contribution in [3.8, 4) is 0 Å². The second-order valence-electron chi connectivity index (χ2n) is 5.45. The van der Waals surface area contributed by atoms with Crippen LogP contribution >= 0.6 is 11.8 Å². The molecule has 0 aromatic heterocycles. The molecule has 1 saturated carbocycles. The number of carbonyl (C=O) groups is 2. The number of carboxylic acids is 1. The fourth-order valence-corrected chi connectivity index (χ4v) is 3.66. The molecule has 1 amide bonds. The van der Waals surface area contributed by atoms with Gasteiger partial charge in [0.25, 0.3) is 0 Å². The van der Waals surface area contributed by atoms with E-state index < -0.39 is 11.5 Å². The average molecular weight is 307 g/mol. The third-order valence-electron chi connectivity index (χ3n) is 4.20. The van der Waals surface area contributed by atoms with Crippen molar-refractivity contribution in [1.82, 2.24) is 4.90 Å². The van der Waals surface area contributed by atoms with Gasteiger partial charge in [-0.1, -0.05) is 37.5 Å². The van der Waals surface area contributed by atoms with Gasteiger partial charge in [-0.2, -0.15) is 0 Å². The standard InChI is InChI=1S/C16H21NO3S/c1-17(16(15(19)20)10-6-3-7-11-16)14(18)12-21-13-8-4-2-5-9-13/h2,4-5,8-9H,3,6-7,10-12H2,1H3,(H,19,20). The highest BCUT2D eigenvalue weighted by molar-refractivity contribution is 8.00. The minimum atomic E-state index is -1.01. The van der Waals surface area contributed by atoms with Crippen molar-refractivity contribution >= 4 is 23.6 Å². The van der Waals surface area contributed by atoms with E-state index in [2.05, 4.69) is 0 Å². The van der Waals surface area contributed by atoms with Crippen LogP contribution in [0.3, 0.4) is 0 Å². The largest absolute Gasteiger partial charge is 0.479 e. The van der Waals surface area contributed by atoms with Gasteiger partial charge in [-0.25, -0.2) is 4.79 Å². The zero-order valence-corrected chi connectivity index (χ0v) is 13.1. The number of aliphatic carboxylic acids is 1. The number of likely N-dealkylation sites (N-methyl/N-ethyl adjacent to an activating group) is 1. The second kappa shape index (κ2) is 6.98. The monoisotopic (exact) mass is 307 g/mol. The van der Waals surface area contributed by atoms with Crippen LogP contribution in [0.1, 0.15) is 32.1 Å². The van der Waals surface area contributed by atoms with Crippen LogP contribution in [0.5, 0.6) is 0 Å². The molecular formula is C16H21NO3S. The Balaban J connectivity index is 2.01. The summed E-state index contributed by atoms with van der Waals surface area (Å²) >= 11 is 1.45. The van der Waals surface area contributed by atoms with Gasteiger partial charge in [-0.15, -0.1) is 11.8 Å². The van der Waals surface area contributed by atoms with Gasteiger partial charge >= 0.3 is 5.97 Å². The lowest BCUT2D eigenvalue weighted by Crippen LogP contribution is -2.56. The van der Waals surface area contributed by atoms with Gasteiger partial charge in [0.05, 0.1) is 5.75 Å². The molecule has 1 aliphatic rings. The molecule has 0 atom stereocenters. The summed E-state index contributed by atoms with van der Waals surface area (Å²) in [6.45, 7) is 0. The van der Waals surface area contributed by atoms with Crippen LogP contribution in [0, 0.1) is 0 Å². The van der Waals surface area contributed by atoms with Crippen LogP contribution in [0.4, 0.5) is 0 Å². The number of nitrogens with zero attached hydrogens (tertiary/aromatic N) is 1. The van der Waals surface area contributed by atoms with Crippen LogP contribution in [0.2, 0.25) is 0 Å². The summed E-state index contributed by atoms with van der Waals surface area (Å²) in [5, 5.41) is 9.59. The van der Waals surface area contributed by atoms with Crippen molar-refractivity contribution in [1.29, 1.82) is 0 Å². The van der Waals surface area contributed by atoms with E-state index in [1.807, 2.05) is 30.3 Å². The number of thioether (sulfide) groups is 1. The molecule has 0 aliphatic heterocycles. The summed E-state index contributed by atoms with van der Waals surface area (Å²) in [5.74, 6) is -0.717. The van der Waals surface area contributed by atoms with Gasteiger partial charge in [-0.3, -0.25) is 4.79 Å². The molecule has 1 aromatic rings. The number of carbonyl (C=O) groups excluding carboxylic acids is 1. The smallest absolute Gasteiger partial charge is 0.329 e. The predicted molar refractivity (Wildman–Crippen MR) is 83.4 cm³/mol. The van der Waals surface area contributed by atoms with Gasteiger partial charge in [-0.05, 0) is 25.0 Å². The Hall–Kier alpha value is -1.49. The van der Waals surface area contributed by atoms with Crippen molar-refractivity contribution in [3.05, 3.63) is 30.3 Å². The lowest BCUT2D eigenvalue weighted by atomic mass is 9.80. The molecule has 21 heavy (non-hydrogen) atoms. The van der Waals surface area contributed by atoms with E-state index in [4.69, 9.17) is 0 Å². The number of benzene rings is 1. The Morgan fingerprint density at radius 3 is 2.38 bits per heavy atom. The fourth-order valence-electron chi connectivity index (χ4n) is 2.83. The Morgan fingerprint density at radius 1 is 1.19 bits per heavy atom. The van der Waals surface area contributed by atoms with Crippen molar-refractivity contribution in [2.45, 2.75) is 42.5 Å². The number of amides is 1. The molecule has 0 heterocycles. The molecule has 1 N–H and O–H groups in total. The van der Waals surface area contributed by atoms with E-state index in [-0.39, 0.29) is 11.7 Å². The highest BCUT2D eigenvalue weighted by atomic mass is 32.2. The highest BCUT2D eigenvalue weighted by Gasteiger charge is 2.45. The molecule has 0 spiro atoms. The van der Waals surface area contributed by atoms with Gasteiger partial charge in [0.1, 0.15) is 5.54 Å². The summed E-state index contributed by atoms with van der Waals surface area (Å²) < 4.78 is 0. The molecule has 4 nitrogen and oxygen atoms in total. The van der Waals surface area contributed by atoms with Crippen LogP contribution < -0.4 is 0 Å². The topological polar surface area (TPSA) is 57.6 Å². The van der Waals surface area contributed by atoms with E-state index in [1.165, 1.54) is 16.7 Å². The normalized spacial score (nSPS) is 17.2. The first kappa shape index (κ1) is 15.9. The zero-order chi connectivity index (χ0) is 15.3. The number of rotatable bonds is 5. The SMILES string of the molecule is CN(C(=O)CSc1ccccc1)C1(C(=O)O)CCCCC1. The molecule has 0 bridgehead atoms. The minimum Gasteiger partial charge on any atom is -0.479 e. The maximum atomic E-state index is 12.4. The molecular weight excluding hydrogens is 286 g/mol. The van der Waals surface area contributed by atoms with E-state index in [0.717, 1.165) is 24.2 Å². The minimum absolute atomic E-state index is 0.117. The van der Waals surface area contributed by atoms with Crippen molar-refractivity contribution in [2.75, 3.05) is 12.8 Å². The Kier molecular flexibility index (Phi) is 5.28. The van der Waals surface area contributed by atoms with Crippen LogP contribution in [0.25, 0.3) is 0 Å². The van der Waals surface area contributed by atoms with E-state index in [0.29, 0.717) is 12.8 Å². The van der Waals surface area contributed by atoms with Crippen molar-refractivity contribution < 1.29 is 14.7 Å². The molecule has 0 radical (unpaired) electrons. The molecule has 1 aromatic carbocycles. The first-order chi connectivity index (χ1) is 10.1. The van der Waals surface area contributed by atoms with E-state index in [9.17, 15) is 14.7 Å². The average Bonchev–Trinajstić information content (AvgIpc) is 2.53. The van der Waals surface area contributed by atoms with Gasteiger partial charge in [0.15, 0.2) is 0 Å². The number of hydrogen-bond acceptors (Lipinski definition) is 3. The summed E-state index contributed by atoms with van der Waals surface area (Å²) in [7, 11) is 1.63. The summed E-state index contributed by atoms with van der Waals surface area (Å²) in [5.41, 5.74) is -1.01. The highest BCUT2D eigenvalue weighted by Crippen LogP contribution is 2.34. The molecule has 0 unspecified atom stereocenters. The lowest BCUT2D eigenvalue weighted by Gasteiger charge is -2.41.